The first-order chi connectivity index (χ1) is 9.40. The van der Waals surface area contributed by atoms with E-state index < -0.39 is 0 Å². The maximum Gasteiger partial charge on any atom is 0.0273 e. The number of hydrogen-bond donors (Lipinski definition) is 1. The quantitative estimate of drug-likeness (QED) is 0.905. The second-order valence-corrected chi connectivity index (χ2v) is 5.26. The van der Waals surface area contributed by atoms with E-state index in [0.717, 1.165) is 6.54 Å². The summed E-state index contributed by atoms with van der Waals surface area (Å²) in [5, 5.41) is 3.33. The van der Waals surface area contributed by atoms with Gasteiger partial charge < -0.3 is 5.32 Å². The number of nitrogens with zero attached hydrogens (tertiary/aromatic N) is 1. The van der Waals surface area contributed by atoms with E-state index >= 15 is 0 Å². The van der Waals surface area contributed by atoms with Crippen LogP contribution in [-0.4, -0.2) is 18.6 Å². The van der Waals surface area contributed by atoms with Gasteiger partial charge in [0.25, 0.3) is 0 Å². The lowest BCUT2D eigenvalue weighted by Gasteiger charge is -2.27. The number of aromatic nitrogens is 1. The topological polar surface area (TPSA) is 24.9 Å². The second-order valence-electron chi connectivity index (χ2n) is 5.26. The molecule has 0 fully saturated rings. The maximum atomic E-state index is 4.12. The van der Waals surface area contributed by atoms with Crippen LogP contribution < -0.4 is 5.32 Å². The summed E-state index contributed by atoms with van der Waals surface area (Å²) >= 11 is 0. The van der Waals surface area contributed by atoms with Crippen molar-refractivity contribution in [3.63, 3.8) is 0 Å². The van der Waals surface area contributed by atoms with Gasteiger partial charge in [-0.1, -0.05) is 18.2 Å². The minimum atomic E-state index is 0.663. The van der Waals surface area contributed by atoms with E-state index in [-0.39, 0.29) is 0 Å². The Morgan fingerprint density at radius 1 is 1.21 bits per heavy atom. The summed E-state index contributed by atoms with van der Waals surface area (Å²) in [6.07, 6.45) is 7.55. The Balaban J connectivity index is 2.06. The maximum absolute atomic E-state index is 4.12. The van der Waals surface area contributed by atoms with Gasteiger partial charge in [0.1, 0.15) is 0 Å². The monoisotopic (exact) mass is 252 g/mol. The standard InChI is InChI=1S/C17H20N2/c1-18-12-14-4-2-7-17-15(5-3-6-16(14)17)13-8-10-19-11-9-13/h3,5-6,8-11,14,18H,2,4,7,12H2,1H3. The van der Waals surface area contributed by atoms with Gasteiger partial charge in [-0.25, -0.2) is 0 Å². The van der Waals surface area contributed by atoms with Crippen molar-refractivity contribution >= 4 is 0 Å². The van der Waals surface area contributed by atoms with Gasteiger partial charge in [0.2, 0.25) is 0 Å². The molecule has 98 valence electrons. The van der Waals surface area contributed by atoms with Crippen LogP contribution in [0, 0.1) is 0 Å². The zero-order valence-corrected chi connectivity index (χ0v) is 11.4. The predicted octanol–water partition coefficient (Wildman–Crippen LogP) is 3.39. The molecule has 0 radical (unpaired) electrons. The molecular weight excluding hydrogens is 232 g/mol. The van der Waals surface area contributed by atoms with Gasteiger partial charge in [-0.15, -0.1) is 0 Å². The highest BCUT2D eigenvalue weighted by molar-refractivity contribution is 5.69. The first kappa shape index (κ1) is 12.4. The van der Waals surface area contributed by atoms with Crippen molar-refractivity contribution in [2.24, 2.45) is 0 Å². The summed E-state index contributed by atoms with van der Waals surface area (Å²) in [5.74, 6) is 0.663. The van der Waals surface area contributed by atoms with Gasteiger partial charge in [-0.05, 0) is 66.6 Å². The second kappa shape index (κ2) is 5.54. The number of benzene rings is 1. The Hall–Kier alpha value is -1.67. The number of nitrogens with one attached hydrogen (secondary N) is 1. The number of hydrogen-bond acceptors (Lipinski definition) is 2. The normalized spacial score (nSPS) is 18.1. The van der Waals surface area contributed by atoms with Crippen LogP contribution in [0.4, 0.5) is 0 Å². The molecule has 1 atom stereocenters. The van der Waals surface area contributed by atoms with E-state index in [9.17, 15) is 0 Å². The number of fused-ring (bicyclic) bond motifs is 1. The fraction of sp³-hybridized carbons (Fsp3) is 0.353. The molecule has 1 unspecified atom stereocenters. The van der Waals surface area contributed by atoms with Crippen molar-refractivity contribution in [1.29, 1.82) is 0 Å². The van der Waals surface area contributed by atoms with Gasteiger partial charge >= 0.3 is 0 Å². The average molecular weight is 252 g/mol. The van der Waals surface area contributed by atoms with Crippen molar-refractivity contribution in [1.82, 2.24) is 10.3 Å². The lowest BCUT2D eigenvalue weighted by molar-refractivity contribution is 0.529. The molecule has 1 aromatic carbocycles. The molecule has 1 aromatic heterocycles. The molecule has 2 heteroatoms. The van der Waals surface area contributed by atoms with Gasteiger partial charge in [0.15, 0.2) is 0 Å². The van der Waals surface area contributed by atoms with Crippen molar-refractivity contribution in [3.05, 3.63) is 53.9 Å². The molecule has 1 aliphatic rings. The van der Waals surface area contributed by atoms with E-state index in [2.05, 4.69) is 40.6 Å². The molecule has 0 saturated heterocycles. The molecule has 0 amide bonds. The largest absolute Gasteiger partial charge is 0.319 e. The van der Waals surface area contributed by atoms with Gasteiger partial charge in [-0.2, -0.15) is 0 Å². The summed E-state index contributed by atoms with van der Waals surface area (Å²) in [4.78, 5) is 4.12. The molecule has 0 bridgehead atoms. The third kappa shape index (κ3) is 2.41. The molecular formula is C17H20N2. The van der Waals surface area contributed by atoms with Gasteiger partial charge in [0.05, 0.1) is 0 Å². The van der Waals surface area contributed by atoms with Crippen LogP contribution in [-0.2, 0) is 6.42 Å². The summed E-state index contributed by atoms with van der Waals surface area (Å²) in [6.45, 7) is 1.08. The van der Waals surface area contributed by atoms with Crippen molar-refractivity contribution < 1.29 is 0 Å². The first-order valence-electron chi connectivity index (χ1n) is 7.07. The lowest BCUT2D eigenvalue weighted by Crippen LogP contribution is -2.21. The summed E-state index contributed by atoms with van der Waals surface area (Å²) in [6, 6.07) is 11.0. The van der Waals surface area contributed by atoms with Crippen LogP contribution in [0.15, 0.2) is 42.7 Å². The molecule has 19 heavy (non-hydrogen) atoms. The fourth-order valence-electron chi connectivity index (χ4n) is 3.21. The van der Waals surface area contributed by atoms with E-state index in [1.165, 1.54) is 36.0 Å². The zero-order chi connectivity index (χ0) is 13.1. The molecule has 2 aromatic rings. The van der Waals surface area contributed by atoms with E-state index in [1.807, 2.05) is 19.4 Å². The first-order valence-corrected chi connectivity index (χ1v) is 7.07. The lowest BCUT2D eigenvalue weighted by atomic mass is 9.79. The van der Waals surface area contributed by atoms with Crippen molar-refractivity contribution in [2.45, 2.75) is 25.2 Å². The van der Waals surface area contributed by atoms with Crippen LogP contribution in [0.3, 0.4) is 0 Å². The summed E-state index contributed by atoms with van der Waals surface area (Å²) in [5.41, 5.74) is 5.76. The molecule has 3 rings (SSSR count). The van der Waals surface area contributed by atoms with Crippen LogP contribution in [0.1, 0.15) is 29.9 Å². The molecule has 1 N–H and O–H groups in total. The predicted molar refractivity (Wildman–Crippen MR) is 79.3 cm³/mol. The molecule has 0 saturated carbocycles. The Bertz CT molecular complexity index is 548. The van der Waals surface area contributed by atoms with Crippen LogP contribution in [0.5, 0.6) is 0 Å². The Morgan fingerprint density at radius 3 is 2.84 bits per heavy atom. The summed E-state index contributed by atoms with van der Waals surface area (Å²) < 4.78 is 0. The third-order valence-electron chi connectivity index (χ3n) is 4.07. The van der Waals surface area contributed by atoms with E-state index in [4.69, 9.17) is 0 Å². The van der Waals surface area contributed by atoms with Crippen molar-refractivity contribution in [3.8, 4) is 11.1 Å². The van der Waals surface area contributed by atoms with E-state index in [0.29, 0.717) is 5.92 Å². The minimum Gasteiger partial charge on any atom is -0.319 e. The Morgan fingerprint density at radius 2 is 2.05 bits per heavy atom. The van der Waals surface area contributed by atoms with Gasteiger partial charge in [-0.3, -0.25) is 4.98 Å². The zero-order valence-electron chi connectivity index (χ0n) is 11.4. The molecule has 0 spiro atoms. The van der Waals surface area contributed by atoms with Gasteiger partial charge in [0, 0.05) is 18.9 Å². The highest BCUT2D eigenvalue weighted by atomic mass is 14.8. The van der Waals surface area contributed by atoms with Crippen LogP contribution >= 0.6 is 0 Å². The molecule has 0 aliphatic heterocycles. The highest BCUT2D eigenvalue weighted by Gasteiger charge is 2.21. The SMILES string of the molecule is CNCC1CCCc2c(-c3ccncc3)cccc21. The number of likely N-dealkylation sites (N-methyl/N-ethyl adjacent to an activating group) is 1. The van der Waals surface area contributed by atoms with Crippen LogP contribution in [0.25, 0.3) is 11.1 Å². The molecule has 1 aliphatic carbocycles. The fourth-order valence-corrected chi connectivity index (χ4v) is 3.21. The Kier molecular flexibility index (Phi) is 3.60. The third-order valence-corrected chi connectivity index (χ3v) is 4.07. The minimum absolute atomic E-state index is 0.663. The van der Waals surface area contributed by atoms with Crippen molar-refractivity contribution in [2.75, 3.05) is 13.6 Å². The molecule has 2 nitrogen and oxygen atoms in total. The molecule has 1 heterocycles. The number of rotatable bonds is 3. The Labute approximate surface area is 114 Å². The average Bonchev–Trinajstić information content (AvgIpc) is 2.48. The highest BCUT2D eigenvalue weighted by Crippen LogP contribution is 2.36. The smallest absolute Gasteiger partial charge is 0.0273 e. The van der Waals surface area contributed by atoms with E-state index in [1.54, 1.807) is 5.56 Å². The number of pyridine rings is 1. The summed E-state index contributed by atoms with van der Waals surface area (Å²) in [7, 11) is 2.04. The van der Waals surface area contributed by atoms with Crippen LogP contribution in [0.2, 0.25) is 0 Å².